The highest BCUT2D eigenvalue weighted by Gasteiger charge is 2.18. The Labute approximate surface area is 295 Å². The molecule has 0 amide bonds. The van der Waals surface area contributed by atoms with E-state index in [0.29, 0.717) is 52.4 Å². The van der Waals surface area contributed by atoms with Crippen molar-refractivity contribution in [3.05, 3.63) is 151 Å². The maximum Gasteiger partial charge on any atom is 0.164 e. The van der Waals surface area contributed by atoms with Crippen LogP contribution in [-0.2, 0) is 0 Å². The van der Waals surface area contributed by atoms with E-state index in [1.807, 2.05) is 136 Å². The third kappa shape index (κ3) is 6.73. The summed E-state index contributed by atoms with van der Waals surface area (Å²) >= 11 is 0. The fourth-order valence-corrected chi connectivity index (χ4v) is 5.95. The number of aryl methyl sites for hydroxylation is 3. The standard InChI is InChI=1S/C42H31N9/c1-26-43-27(2)45-39(44-26)32-20-13-21-33(24-32)40-48-38(31-18-11-6-12-19-31)49-41(50-40)34-22-23-35(36(25-34)29-14-7-4-8-15-29)42-47-28(3)46-37(51-42)30-16-9-5-10-17-30/h4-25H,1-3H3. The number of hydrogen-bond donors (Lipinski definition) is 0. The van der Waals surface area contributed by atoms with E-state index < -0.39 is 0 Å². The van der Waals surface area contributed by atoms with Gasteiger partial charge in [-0.3, -0.25) is 0 Å². The van der Waals surface area contributed by atoms with E-state index >= 15 is 0 Å². The van der Waals surface area contributed by atoms with Crippen molar-refractivity contribution in [2.24, 2.45) is 0 Å². The van der Waals surface area contributed by atoms with Crippen LogP contribution in [0.3, 0.4) is 0 Å². The second-order valence-corrected chi connectivity index (χ2v) is 12.0. The van der Waals surface area contributed by atoms with Crippen molar-refractivity contribution in [2.45, 2.75) is 20.8 Å². The molecule has 8 rings (SSSR count). The smallest absolute Gasteiger partial charge is 0.164 e. The van der Waals surface area contributed by atoms with Gasteiger partial charge in [-0.25, -0.2) is 44.9 Å². The molecule has 0 aliphatic heterocycles. The third-order valence-corrected chi connectivity index (χ3v) is 8.29. The van der Waals surface area contributed by atoms with Gasteiger partial charge in [-0.15, -0.1) is 0 Å². The maximum absolute atomic E-state index is 5.06. The summed E-state index contributed by atoms with van der Waals surface area (Å²) in [4.78, 5) is 42.9. The predicted octanol–water partition coefficient (Wildman–Crippen LogP) is 8.84. The molecule has 244 valence electrons. The van der Waals surface area contributed by atoms with Crippen LogP contribution < -0.4 is 0 Å². The molecule has 3 heterocycles. The van der Waals surface area contributed by atoms with Crippen LogP contribution in [0, 0.1) is 20.8 Å². The van der Waals surface area contributed by atoms with E-state index in [-0.39, 0.29) is 0 Å². The van der Waals surface area contributed by atoms with Gasteiger partial charge < -0.3 is 0 Å². The monoisotopic (exact) mass is 661 g/mol. The Morgan fingerprint density at radius 2 is 0.627 bits per heavy atom. The first kappa shape index (κ1) is 31.4. The maximum atomic E-state index is 5.06. The van der Waals surface area contributed by atoms with Crippen LogP contribution in [0.15, 0.2) is 133 Å². The Morgan fingerprint density at radius 1 is 0.255 bits per heavy atom. The second kappa shape index (κ2) is 13.6. The molecule has 51 heavy (non-hydrogen) atoms. The van der Waals surface area contributed by atoms with Crippen molar-refractivity contribution < 1.29 is 0 Å². The molecule has 3 aromatic heterocycles. The quantitative estimate of drug-likeness (QED) is 0.165. The fourth-order valence-electron chi connectivity index (χ4n) is 5.95. The first-order chi connectivity index (χ1) is 25.0. The van der Waals surface area contributed by atoms with Gasteiger partial charge in [0, 0.05) is 33.4 Å². The van der Waals surface area contributed by atoms with Gasteiger partial charge in [0.15, 0.2) is 34.9 Å². The summed E-state index contributed by atoms with van der Waals surface area (Å²) in [5.74, 6) is 5.43. The van der Waals surface area contributed by atoms with Crippen molar-refractivity contribution in [2.75, 3.05) is 0 Å². The van der Waals surface area contributed by atoms with Crippen molar-refractivity contribution >= 4 is 0 Å². The van der Waals surface area contributed by atoms with E-state index in [0.717, 1.165) is 44.5 Å². The Bertz CT molecular complexity index is 2480. The fraction of sp³-hybridized carbons (Fsp3) is 0.0714. The zero-order valence-corrected chi connectivity index (χ0v) is 28.2. The Kier molecular flexibility index (Phi) is 8.35. The molecule has 0 saturated carbocycles. The van der Waals surface area contributed by atoms with E-state index in [1.165, 1.54) is 0 Å². The minimum atomic E-state index is 0.536. The minimum absolute atomic E-state index is 0.536. The number of rotatable bonds is 7. The lowest BCUT2D eigenvalue weighted by Gasteiger charge is -2.14. The molecule has 0 saturated heterocycles. The first-order valence-electron chi connectivity index (χ1n) is 16.6. The zero-order valence-electron chi connectivity index (χ0n) is 28.2. The number of benzene rings is 5. The highest BCUT2D eigenvalue weighted by molar-refractivity contribution is 5.85. The molecule has 9 heteroatoms. The van der Waals surface area contributed by atoms with Gasteiger partial charge in [0.05, 0.1) is 0 Å². The molecule has 5 aromatic carbocycles. The molecule has 0 aliphatic rings. The molecule has 8 aromatic rings. The summed E-state index contributed by atoms with van der Waals surface area (Å²) < 4.78 is 0. The van der Waals surface area contributed by atoms with Crippen molar-refractivity contribution in [1.29, 1.82) is 0 Å². The van der Waals surface area contributed by atoms with Crippen LogP contribution in [0.4, 0.5) is 0 Å². The summed E-state index contributed by atoms with van der Waals surface area (Å²) in [6, 6.07) is 44.2. The SMILES string of the molecule is Cc1nc(C)nc(-c2cccc(-c3nc(-c4ccccc4)nc(-c4ccc(-c5nc(C)nc(-c6ccccc6)n5)c(-c5ccccc5)c4)n3)c2)n1. The van der Waals surface area contributed by atoms with Crippen molar-refractivity contribution in [1.82, 2.24) is 44.9 Å². The van der Waals surface area contributed by atoms with E-state index in [9.17, 15) is 0 Å². The summed E-state index contributed by atoms with van der Waals surface area (Å²) in [5, 5.41) is 0. The Balaban J connectivity index is 1.29. The van der Waals surface area contributed by atoms with Crippen LogP contribution in [0.1, 0.15) is 17.5 Å². The van der Waals surface area contributed by atoms with Gasteiger partial charge in [0.25, 0.3) is 0 Å². The lowest BCUT2D eigenvalue weighted by atomic mass is 9.96. The molecule has 0 aliphatic carbocycles. The molecule has 0 N–H and O–H groups in total. The topological polar surface area (TPSA) is 116 Å². The van der Waals surface area contributed by atoms with E-state index in [2.05, 4.69) is 38.1 Å². The first-order valence-corrected chi connectivity index (χ1v) is 16.6. The molecule has 0 spiro atoms. The van der Waals surface area contributed by atoms with Crippen LogP contribution in [0.25, 0.3) is 79.5 Å². The van der Waals surface area contributed by atoms with Crippen LogP contribution in [-0.4, -0.2) is 44.9 Å². The van der Waals surface area contributed by atoms with Crippen LogP contribution in [0.5, 0.6) is 0 Å². The molecule has 0 radical (unpaired) electrons. The van der Waals surface area contributed by atoms with Gasteiger partial charge in [-0.1, -0.05) is 115 Å². The largest absolute Gasteiger partial charge is 0.219 e. The van der Waals surface area contributed by atoms with Crippen molar-refractivity contribution in [3.63, 3.8) is 0 Å². The van der Waals surface area contributed by atoms with Crippen molar-refractivity contribution in [3.8, 4) is 79.5 Å². The second-order valence-electron chi connectivity index (χ2n) is 12.0. The number of nitrogens with zero attached hydrogens (tertiary/aromatic N) is 9. The molecule has 0 unspecified atom stereocenters. The average Bonchev–Trinajstić information content (AvgIpc) is 3.18. The summed E-state index contributed by atoms with van der Waals surface area (Å²) in [6.45, 7) is 5.63. The molecular weight excluding hydrogens is 631 g/mol. The predicted molar refractivity (Wildman–Crippen MR) is 199 cm³/mol. The molecule has 0 bridgehead atoms. The number of hydrogen-bond acceptors (Lipinski definition) is 9. The van der Waals surface area contributed by atoms with E-state index in [4.69, 9.17) is 24.9 Å². The Morgan fingerprint density at radius 3 is 1.18 bits per heavy atom. The Hall–Kier alpha value is -6.87. The lowest BCUT2D eigenvalue weighted by Crippen LogP contribution is -2.02. The van der Waals surface area contributed by atoms with Crippen LogP contribution >= 0.6 is 0 Å². The zero-order chi connectivity index (χ0) is 34.7. The normalized spacial score (nSPS) is 11.0. The average molecular weight is 662 g/mol. The number of aromatic nitrogens is 9. The van der Waals surface area contributed by atoms with Gasteiger partial charge in [0.2, 0.25) is 0 Å². The van der Waals surface area contributed by atoms with E-state index in [1.54, 1.807) is 0 Å². The summed E-state index contributed by atoms with van der Waals surface area (Å²) in [5.41, 5.74) is 7.15. The van der Waals surface area contributed by atoms with Crippen LogP contribution in [0.2, 0.25) is 0 Å². The lowest BCUT2D eigenvalue weighted by molar-refractivity contribution is 0.928. The third-order valence-electron chi connectivity index (χ3n) is 8.29. The minimum Gasteiger partial charge on any atom is -0.219 e. The molecule has 0 fully saturated rings. The molecule has 9 nitrogen and oxygen atoms in total. The van der Waals surface area contributed by atoms with Gasteiger partial charge in [-0.05, 0) is 50.1 Å². The molecule has 0 atom stereocenters. The highest BCUT2D eigenvalue weighted by atomic mass is 15.0. The highest BCUT2D eigenvalue weighted by Crippen LogP contribution is 2.35. The molecular formula is C42H31N9. The van der Waals surface area contributed by atoms with Gasteiger partial charge in [-0.2, -0.15) is 0 Å². The van der Waals surface area contributed by atoms with Gasteiger partial charge in [0.1, 0.15) is 17.5 Å². The van der Waals surface area contributed by atoms with Gasteiger partial charge >= 0.3 is 0 Å². The summed E-state index contributed by atoms with van der Waals surface area (Å²) in [7, 11) is 0. The summed E-state index contributed by atoms with van der Waals surface area (Å²) in [6.07, 6.45) is 0.